The zero-order valence-electron chi connectivity index (χ0n) is 17.5. The van der Waals surface area contributed by atoms with E-state index in [9.17, 15) is 29.7 Å². The molecule has 6 N–H and O–H groups in total. The minimum atomic E-state index is -1.32. The number of nitrogen functional groups attached to an aromatic ring is 1. The Labute approximate surface area is 218 Å². The Hall–Kier alpha value is -3.03. The molecule has 14 heteroatoms. The fourth-order valence-corrected chi connectivity index (χ4v) is 3.25. The number of rotatable bonds is 10. The van der Waals surface area contributed by atoms with Crippen LogP contribution in [0.1, 0.15) is 12.8 Å². The average Bonchev–Trinajstić information content (AvgIpc) is 2.75. The molecule has 1 aliphatic heterocycles. The molecular formula is C19H21CaN7O6. The van der Waals surface area contributed by atoms with E-state index < -0.39 is 29.9 Å². The summed E-state index contributed by atoms with van der Waals surface area (Å²) in [5, 5.41) is 40.8. The Bertz CT molecular complexity index is 1010. The molecule has 0 fully saturated rings. The number of anilines is 5. The average molecular weight is 483 g/mol. The van der Waals surface area contributed by atoms with Gasteiger partial charge in [-0.2, -0.15) is 4.98 Å². The van der Waals surface area contributed by atoms with Crippen molar-refractivity contribution in [2.45, 2.75) is 24.9 Å². The van der Waals surface area contributed by atoms with Crippen molar-refractivity contribution in [2.24, 2.45) is 0 Å². The summed E-state index contributed by atoms with van der Waals surface area (Å²) in [5.41, 5.74) is 6.69. The fourth-order valence-electron chi connectivity index (χ4n) is 3.25. The smallest absolute Gasteiger partial charge is 0.857 e. The first-order valence-corrected chi connectivity index (χ1v) is 9.63. The molecule has 0 radical (unpaired) electrons. The summed E-state index contributed by atoms with van der Waals surface area (Å²) >= 11 is 0. The number of fused-ring (bicyclic) bond motifs is 1. The second-order valence-electron chi connectivity index (χ2n) is 7.04. The number of hydrogen-bond acceptors (Lipinski definition) is 11. The van der Waals surface area contributed by atoms with Gasteiger partial charge >= 0.3 is 43.7 Å². The maximum Gasteiger partial charge on any atom is 2.00 e. The standard InChI is InChI=1S/C19H23N7O6.Ca/c20-19-24-16-15(17(30)25-19)26(9-27)12(8-22-16)7-21-10-1-3-11(4-2-10)23-13(18(31)32)5-6-14(28)29;/h1-4,9,12-13,21,23H,5-8H2,(H,28,29)(H,31,32)(H4,20,22,24,25,30);/q;+2/p-2/t12-,13+;/m1./s1. The number of nitrogens with one attached hydrogen (secondary N) is 3. The topological polar surface area (TPSA) is 209 Å². The van der Waals surface area contributed by atoms with Crippen LogP contribution >= 0.6 is 0 Å². The number of hydrogen-bond donors (Lipinski definition) is 5. The summed E-state index contributed by atoms with van der Waals surface area (Å²) in [5.74, 6) is -3.12. The summed E-state index contributed by atoms with van der Waals surface area (Å²) in [4.78, 5) is 42.3. The van der Waals surface area contributed by atoms with Crippen LogP contribution in [0.25, 0.3) is 0 Å². The Kier molecular flexibility index (Phi) is 9.32. The van der Waals surface area contributed by atoms with Gasteiger partial charge in [-0.25, -0.2) is 9.78 Å². The van der Waals surface area contributed by atoms with Crippen LogP contribution in [-0.2, 0) is 14.4 Å². The van der Waals surface area contributed by atoms with Crippen molar-refractivity contribution >= 4 is 84.9 Å². The van der Waals surface area contributed by atoms with E-state index in [0.717, 1.165) is 0 Å². The third kappa shape index (κ3) is 6.73. The molecule has 3 rings (SSSR count). The maximum absolute atomic E-state index is 12.2. The zero-order chi connectivity index (χ0) is 23.3. The molecule has 0 spiro atoms. The zero-order valence-corrected chi connectivity index (χ0v) is 19.7. The third-order valence-corrected chi connectivity index (χ3v) is 4.84. The molecule has 2 aromatic rings. The van der Waals surface area contributed by atoms with E-state index in [1.54, 1.807) is 24.3 Å². The minimum absolute atomic E-state index is 0. The number of carboxylic acid groups (broad SMARTS) is 2. The molecule has 33 heavy (non-hydrogen) atoms. The van der Waals surface area contributed by atoms with Crippen molar-refractivity contribution in [3.05, 3.63) is 24.3 Å². The van der Waals surface area contributed by atoms with Gasteiger partial charge in [-0.3, -0.25) is 4.79 Å². The van der Waals surface area contributed by atoms with Gasteiger partial charge in [0.1, 0.15) is 6.04 Å². The van der Waals surface area contributed by atoms with Gasteiger partial charge < -0.3 is 46.7 Å². The number of carbonyl (C=O) groups is 3. The van der Waals surface area contributed by atoms with Crippen LogP contribution in [0.4, 0.5) is 28.8 Å². The Morgan fingerprint density at radius 3 is 2.58 bits per heavy atom. The van der Waals surface area contributed by atoms with Crippen LogP contribution < -0.4 is 36.8 Å². The summed E-state index contributed by atoms with van der Waals surface area (Å²) in [6.45, 7) is 0.623. The van der Waals surface area contributed by atoms with Gasteiger partial charge in [0.25, 0.3) is 0 Å². The molecule has 170 valence electrons. The SMILES string of the molecule is Nc1nc([O-])c2c(n1)NC[C@@H](CNc1ccc(N[C@@H](CCC(=O)[O-])C(=O)O)cc1)N2C=O.[Ca+2]. The number of aliphatic carboxylic acids is 2. The van der Waals surface area contributed by atoms with E-state index in [1.165, 1.54) is 4.90 Å². The third-order valence-electron chi connectivity index (χ3n) is 4.84. The minimum Gasteiger partial charge on any atom is -0.857 e. The number of nitrogens with two attached hydrogens (primary N) is 1. The number of benzene rings is 1. The predicted molar refractivity (Wildman–Crippen MR) is 117 cm³/mol. The molecule has 1 aromatic heterocycles. The normalized spacial score (nSPS) is 15.3. The van der Waals surface area contributed by atoms with Gasteiger partial charge in [0, 0.05) is 36.3 Å². The van der Waals surface area contributed by atoms with Gasteiger partial charge in [-0.15, -0.1) is 0 Å². The Balaban J connectivity index is 0.00000385. The van der Waals surface area contributed by atoms with Gasteiger partial charge in [0.15, 0.2) is 5.82 Å². The van der Waals surface area contributed by atoms with E-state index in [2.05, 4.69) is 25.9 Å². The largest absolute Gasteiger partial charge is 2.00 e. The Morgan fingerprint density at radius 2 is 1.97 bits per heavy atom. The van der Waals surface area contributed by atoms with Crippen LogP contribution in [0, 0.1) is 0 Å². The van der Waals surface area contributed by atoms with E-state index in [-0.39, 0.29) is 68.0 Å². The molecule has 1 aromatic carbocycles. The molecule has 1 amide bonds. The number of carboxylic acids is 2. The van der Waals surface area contributed by atoms with Crippen LogP contribution in [0.5, 0.6) is 5.88 Å². The first-order chi connectivity index (χ1) is 15.3. The van der Waals surface area contributed by atoms with Crippen LogP contribution in [0.15, 0.2) is 24.3 Å². The molecule has 2 heterocycles. The van der Waals surface area contributed by atoms with Crippen molar-refractivity contribution in [3.63, 3.8) is 0 Å². The van der Waals surface area contributed by atoms with E-state index in [4.69, 9.17) is 5.73 Å². The van der Waals surface area contributed by atoms with Gasteiger partial charge in [-0.05, 0) is 37.1 Å². The van der Waals surface area contributed by atoms with E-state index in [1.807, 2.05) is 0 Å². The second-order valence-corrected chi connectivity index (χ2v) is 7.04. The molecule has 2 atom stereocenters. The summed E-state index contributed by atoms with van der Waals surface area (Å²) in [6.07, 6.45) is 0.0448. The van der Waals surface area contributed by atoms with E-state index >= 15 is 0 Å². The van der Waals surface area contributed by atoms with Crippen molar-refractivity contribution in [1.82, 2.24) is 9.97 Å². The fraction of sp³-hybridized carbons (Fsp3) is 0.316. The maximum atomic E-state index is 12.2. The van der Waals surface area contributed by atoms with Crippen molar-refractivity contribution in [1.29, 1.82) is 0 Å². The monoisotopic (exact) mass is 483 g/mol. The molecule has 0 unspecified atom stereocenters. The summed E-state index contributed by atoms with van der Waals surface area (Å²) in [6, 6.07) is 5.18. The molecule has 13 nitrogen and oxygen atoms in total. The van der Waals surface area contributed by atoms with Gasteiger partial charge in [0.2, 0.25) is 12.4 Å². The van der Waals surface area contributed by atoms with Crippen molar-refractivity contribution in [3.8, 4) is 5.88 Å². The molecular weight excluding hydrogens is 462 g/mol. The van der Waals surface area contributed by atoms with Crippen molar-refractivity contribution in [2.75, 3.05) is 39.7 Å². The number of nitrogens with zero attached hydrogens (tertiary/aromatic N) is 3. The first-order valence-electron chi connectivity index (χ1n) is 9.63. The van der Waals surface area contributed by atoms with Gasteiger partial charge in [0.05, 0.1) is 11.7 Å². The quantitative estimate of drug-likeness (QED) is 0.184. The van der Waals surface area contributed by atoms with Crippen LogP contribution in [-0.4, -0.2) is 96.3 Å². The molecule has 0 bridgehead atoms. The second kappa shape index (κ2) is 11.7. The van der Waals surface area contributed by atoms with Gasteiger partial charge in [-0.1, -0.05) is 0 Å². The van der Waals surface area contributed by atoms with E-state index in [0.29, 0.717) is 30.9 Å². The van der Waals surface area contributed by atoms with Crippen LogP contribution in [0.2, 0.25) is 0 Å². The molecule has 0 aliphatic carbocycles. The molecule has 0 saturated heterocycles. The Morgan fingerprint density at radius 1 is 1.30 bits per heavy atom. The summed E-state index contributed by atoms with van der Waals surface area (Å²) < 4.78 is 0. The number of aromatic nitrogens is 2. The molecule has 1 aliphatic rings. The molecule has 0 saturated carbocycles. The van der Waals surface area contributed by atoms with Crippen molar-refractivity contribution < 1.29 is 29.7 Å². The number of amides is 1. The first kappa shape index (κ1) is 26.2. The predicted octanol–water partition coefficient (Wildman–Crippen LogP) is -1.98. The van der Waals surface area contributed by atoms with Crippen LogP contribution in [0.3, 0.4) is 0 Å². The number of carbonyl (C=O) groups excluding carboxylic acids is 2. The summed E-state index contributed by atoms with van der Waals surface area (Å²) in [7, 11) is 0.